The highest BCUT2D eigenvalue weighted by Gasteiger charge is 2.24. The summed E-state index contributed by atoms with van der Waals surface area (Å²) in [6.45, 7) is 2.84. The lowest BCUT2D eigenvalue weighted by atomic mass is 10.2. The molecule has 2 atom stereocenters. The number of hydrogen-bond acceptors (Lipinski definition) is 8. The van der Waals surface area contributed by atoms with Crippen molar-refractivity contribution in [1.29, 1.82) is 5.26 Å². The fraction of sp³-hybridized carbons (Fsp3) is 0.250. The van der Waals surface area contributed by atoms with Crippen LogP contribution < -0.4 is 14.8 Å². The van der Waals surface area contributed by atoms with Crippen molar-refractivity contribution in [3.8, 4) is 17.6 Å². The van der Waals surface area contributed by atoms with Gasteiger partial charge in [0.2, 0.25) is 0 Å². The van der Waals surface area contributed by atoms with Gasteiger partial charge in [-0.3, -0.25) is 14.9 Å². The lowest BCUT2D eigenvalue weighted by molar-refractivity contribution is -0.384. The molecule has 30 heavy (non-hydrogen) atoms. The average molecular weight is 413 g/mol. The highest BCUT2D eigenvalue weighted by Crippen LogP contribution is 2.29. The lowest BCUT2D eigenvalue weighted by Gasteiger charge is -2.18. The van der Waals surface area contributed by atoms with Crippen molar-refractivity contribution in [1.82, 2.24) is 0 Å². The summed E-state index contributed by atoms with van der Waals surface area (Å²) >= 11 is 0. The van der Waals surface area contributed by atoms with Crippen LogP contribution in [0.5, 0.6) is 11.5 Å². The van der Waals surface area contributed by atoms with Crippen LogP contribution in [0.1, 0.15) is 19.4 Å². The quantitative estimate of drug-likeness (QED) is 0.396. The fourth-order valence-corrected chi connectivity index (χ4v) is 2.31. The minimum absolute atomic E-state index is 0.0913. The highest BCUT2D eigenvalue weighted by atomic mass is 16.6. The van der Waals surface area contributed by atoms with E-state index < -0.39 is 29.0 Å². The SMILES string of the molecule is COc1cc([N+](=O)[O-])ccc1NC(=O)[C@@H](C)OC(=O)[C@@H](C)Oc1ccc(C#N)cc1. The predicted octanol–water partition coefficient (Wildman–Crippen LogP) is 2.81. The van der Waals surface area contributed by atoms with Gasteiger partial charge in [-0.2, -0.15) is 5.26 Å². The minimum Gasteiger partial charge on any atom is -0.494 e. The molecular weight excluding hydrogens is 394 g/mol. The minimum atomic E-state index is -1.16. The number of carbonyl (C=O) groups is 2. The summed E-state index contributed by atoms with van der Waals surface area (Å²) < 4.78 is 15.6. The van der Waals surface area contributed by atoms with E-state index in [0.717, 1.165) is 0 Å². The summed E-state index contributed by atoms with van der Waals surface area (Å²) in [5.74, 6) is -0.960. The Kier molecular flexibility index (Phi) is 7.30. The predicted molar refractivity (Wildman–Crippen MR) is 105 cm³/mol. The van der Waals surface area contributed by atoms with Crippen molar-refractivity contribution in [2.75, 3.05) is 12.4 Å². The van der Waals surface area contributed by atoms with Crippen LogP contribution in [0.25, 0.3) is 0 Å². The Labute approximate surface area is 172 Å². The van der Waals surface area contributed by atoms with Crippen LogP contribution in [0.3, 0.4) is 0 Å². The first-order chi connectivity index (χ1) is 14.2. The Balaban J connectivity index is 1.96. The van der Waals surface area contributed by atoms with Crippen molar-refractivity contribution in [3.05, 3.63) is 58.1 Å². The molecule has 1 N–H and O–H groups in total. The van der Waals surface area contributed by atoms with Gasteiger partial charge in [-0.15, -0.1) is 0 Å². The molecule has 0 fully saturated rings. The van der Waals surface area contributed by atoms with E-state index in [-0.39, 0.29) is 17.1 Å². The largest absolute Gasteiger partial charge is 0.494 e. The molecule has 1 amide bonds. The van der Waals surface area contributed by atoms with E-state index in [4.69, 9.17) is 19.5 Å². The second-order valence-electron chi connectivity index (χ2n) is 6.11. The van der Waals surface area contributed by atoms with Gasteiger partial charge >= 0.3 is 5.97 Å². The van der Waals surface area contributed by atoms with Crippen molar-refractivity contribution in [3.63, 3.8) is 0 Å². The van der Waals surface area contributed by atoms with Crippen LogP contribution in [-0.4, -0.2) is 36.1 Å². The van der Waals surface area contributed by atoms with E-state index in [1.165, 1.54) is 39.2 Å². The van der Waals surface area contributed by atoms with Crippen molar-refractivity contribution in [2.45, 2.75) is 26.1 Å². The Morgan fingerprint density at radius 1 is 1.13 bits per heavy atom. The van der Waals surface area contributed by atoms with Crippen molar-refractivity contribution >= 4 is 23.3 Å². The van der Waals surface area contributed by atoms with Gasteiger partial charge < -0.3 is 19.5 Å². The van der Waals surface area contributed by atoms with Crippen molar-refractivity contribution in [2.24, 2.45) is 0 Å². The van der Waals surface area contributed by atoms with Gasteiger partial charge in [0.25, 0.3) is 11.6 Å². The Bertz CT molecular complexity index is 983. The maximum atomic E-state index is 12.3. The molecule has 0 saturated carbocycles. The summed E-state index contributed by atoms with van der Waals surface area (Å²) in [5.41, 5.74) is 0.445. The van der Waals surface area contributed by atoms with Gasteiger partial charge in [-0.1, -0.05) is 0 Å². The van der Waals surface area contributed by atoms with Crippen LogP contribution in [0.15, 0.2) is 42.5 Å². The molecule has 0 bridgehead atoms. The van der Waals surface area contributed by atoms with Crippen LogP contribution in [0.2, 0.25) is 0 Å². The molecule has 2 aromatic rings. The molecule has 10 heteroatoms. The van der Waals surface area contributed by atoms with Crippen LogP contribution in [0, 0.1) is 21.4 Å². The van der Waals surface area contributed by atoms with E-state index in [1.807, 2.05) is 6.07 Å². The summed E-state index contributed by atoms with van der Waals surface area (Å²) in [7, 11) is 1.31. The molecule has 2 aromatic carbocycles. The number of rotatable bonds is 8. The molecule has 0 unspecified atom stereocenters. The molecule has 0 heterocycles. The fourth-order valence-electron chi connectivity index (χ4n) is 2.31. The maximum Gasteiger partial charge on any atom is 0.347 e. The number of anilines is 1. The highest BCUT2D eigenvalue weighted by molar-refractivity contribution is 5.96. The molecule has 156 valence electrons. The second kappa shape index (κ2) is 9.88. The Morgan fingerprint density at radius 2 is 1.80 bits per heavy atom. The molecule has 0 aliphatic rings. The number of non-ortho nitro benzene ring substituents is 1. The number of amides is 1. The van der Waals surface area contributed by atoms with Crippen molar-refractivity contribution < 1.29 is 28.7 Å². The Hall–Kier alpha value is -4.13. The number of ether oxygens (including phenoxy) is 3. The van der Waals surface area contributed by atoms with Crippen LogP contribution in [0.4, 0.5) is 11.4 Å². The molecule has 10 nitrogen and oxygen atoms in total. The number of esters is 1. The van der Waals surface area contributed by atoms with Crippen LogP contribution >= 0.6 is 0 Å². The van der Waals surface area contributed by atoms with E-state index in [0.29, 0.717) is 11.3 Å². The number of nitriles is 1. The molecule has 2 rings (SSSR count). The lowest BCUT2D eigenvalue weighted by Crippen LogP contribution is -2.35. The first-order valence-electron chi connectivity index (χ1n) is 8.75. The standard InChI is InChI=1S/C20H19N3O7/c1-12(19(24)22-17-9-6-15(23(26)27)10-18(17)28-3)30-20(25)13(2)29-16-7-4-14(11-21)5-8-16/h4-10,12-13H,1-3H3,(H,22,24)/t12-,13-/m1/s1. The van der Waals surface area contributed by atoms with E-state index in [9.17, 15) is 19.7 Å². The average Bonchev–Trinajstić information content (AvgIpc) is 2.74. The normalized spacial score (nSPS) is 12.1. The van der Waals surface area contributed by atoms with Gasteiger partial charge in [0, 0.05) is 6.07 Å². The summed E-state index contributed by atoms with van der Waals surface area (Å²) in [6, 6.07) is 11.8. The molecular formula is C20H19N3O7. The second-order valence-corrected chi connectivity index (χ2v) is 6.11. The third-order valence-electron chi connectivity index (χ3n) is 3.94. The summed E-state index contributed by atoms with van der Waals surface area (Å²) in [5, 5.41) is 22.1. The first-order valence-corrected chi connectivity index (χ1v) is 8.75. The number of nitro benzene ring substituents is 1. The zero-order valence-corrected chi connectivity index (χ0v) is 16.4. The van der Waals surface area contributed by atoms with Gasteiger partial charge in [0.05, 0.1) is 35.4 Å². The zero-order chi connectivity index (χ0) is 22.3. The molecule has 0 aromatic heterocycles. The summed E-state index contributed by atoms with van der Waals surface area (Å²) in [6.07, 6.45) is -2.16. The summed E-state index contributed by atoms with van der Waals surface area (Å²) in [4.78, 5) is 34.8. The Morgan fingerprint density at radius 3 is 2.37 bits per heavy atom. The number of nitro groups is 1. The molecule has 0 aliphatic carbocycles. The van der Waals surface area contributed by atoms with E-state index in [1.54, 1.807) is 24.3 Å². The van der Waals surface area contributed by atoms with Gasteiger partial charge in [-0.25, -0.2) is 4.79 Å². The number of hydrogen-bond donors (Lipinski definition) is 1. The van der Waals surface area contributed by atoms with Gasteiger partial charge in [0.1, 0.15) is 11.5 Å². The molecule has 0 aliphatic heterocycles. The smallest absolute Gasteiger partial charge is 0.347 e. The number of benzene rings is 2. The van der Waals surface area contributed by atoms with Crippen LogP contribution in [-0.2, 0) is 14.3 Å². The topological polar surface area (TPSA) is 141 Å². The number of nitrogens with zero attached hydrogens (tertiary/aromatic N) is 2. The first kappa shape index (κ1) is 22.2. The number of carbonyl (C=O) groups excluding carboxylic acids is 2. The third kappa shape index (κ3) is 5.68. The zero-order valence-electron chi connectivity index (χ0n) is 16.4. The number of nitrogens with one attached hydrogen (secondary N) is 1. The van der Waals surface area contributed by atoms with E-state index in [2.05, 4.69) is 5.32 Å². The third-order valence-corrected chi connectivity index (χ3v) is 3.94. The molecule has 0 spiro atoms. The maximum absolute atomic E-state index is 12.3. The van der Waals surface area contributed by atoms with E-state index >= 15 is 0 Å². The monoisotopic (exact) mass is 413 g/mol. The van der Waals surface area contributed by atoms with Gasteiger partial charge in [-0.05, 0) is 44.2 Å². The molecule has 0 radical (unpaired) electrons. The number of methoxy groups -OCH3 is 1. The molecule has 0 saturated heterocycles. The van der Waals surface area contributed by atoms with Gasteiger partial charge in [0.15, 0.2) is 12.2 Å².